The van der Waals surface area contributed by atoms with Gasteiger partial charge in [0.2, 0.25) is 5.91 Å². The molecule has 0 unspecified atom stereocenters. The lowest BCUT2D eigenvalue weighted by Crippen LogP contribution is -2.32. The monoisotopic (exact) mass is 782 g/mol. The quantitative estimate of drug-likeness (QED) is 0.144. The number of fused-ring (bicyclic) bond motifs is 3. The number of aliphatic hydroxyl groups excluding tert-OH is 1. The molecule has 0 atom stereocenters. The Morgan fingerprint density at radius 1 is 0.981 bits per heavy atom. The molecule has 0 saturated carbocycles. The summed E-state index contributed by atoms with van der Waals surface area (Å²) in [4.78, 5) is 27.7. The number of carbonyl (C=O) groups is 2. The number of halogens is 1. The number of aryl methyl sites for hydroxylation is 3. The number of ether oxygens (including phenoxy) is 2. The van der Waals surface area contributed by atoms with Crippen molar-refractivity contribution in [2.24, 2.45) is 4.99 Å². The first-order valence-electron chi connectivity index (χ1n) is 18.3. The molecule has 0 fully saturated rings. The van der Waals surface area contributed by atoms with Gasteiger partial charge >= 0.3 is 6.09 Å². The highest BCUT2D eigenvalue weighted by atomic mass is 35.5. The van der Waals surface area contributed by atoms with E-state index in [4.69, 9.17) is 31.2 Å². The van der Waals surface area contributed by atoms with E-state index in [9.17, 15) is 9.59 Å². The van der Waals surface area contributed by atoms with Crippen molar-refractivity contribution in [2.75, 3.05) is 25.1 Å². The van der Waals surface area contributed by atoms with E-state index in [-0.39, 0.29) is 24.2 Å². The number of nitrogens with zero attached hydrogens (tertiary/aromatic N) is 4. The lowest BCUT2D eigenvalue weighted by atomic mass is 10.00. The molecule has 0 radical (unpaired) electrons. The van der Waals surface area contributed by atoms with Gasteiger partial charge in [0.15, 0.2) is 5.82 Å². The molecule has 54 heavy (non-hydrogen) atoms. The Labute approximate surface area is 330 Å². The highest BCUT2D eigenvalue weighted by molar-refractivity contribution is 7.15. The molecular formula is C41H59ClN6O5S. The van der Waals surface area contributed by atoms with Crippen LogP contribution < -0.4 is 10.6 Å². The van der Waals surface area contributed by atoms with Crippen molar-refractivity contribution in [3.05, 3.63) is 92.3 Å². The number of benzene rings is 2. The largest absolute Gasteiger partial charge is 0.444 e. The summed E-state index contributed by atoms with van der Waals surface area (Å²) in [5.41, 5.74) is 5.69. The van der Waals surface area contributed by atoms with Gasteiger partial charge in [-0.15, -0.1) is 21.5 Å². The molecule has 3 N–H and O–H groups in total. The smallest absolute Gasteiger partial charge is 0.407 e. The summed E-state index contributed by atoms with van der Waals surface area (Å²) in [5, 5.41) is 24.7. The van der Waals surface area contributed by atoms with Gasteiger partial charge in [-0.05, 0) is 111 Å². The van der Waals surface area contributed by atoms with Crippen LogP contribution in [-0.4, -0.2) is 68.5 Å². The zero-order chi connectivity index (χ0) is 40.6. The number of anilines is 1. The second-order valence-corrected chi connectivity index (χ2v) is 15.6. The summed E-state index contributed by atoms with van der Waals surface area (Å²) in [6, 6.07) is 15.7. The van der Waals surface area contributed by atoms with E-state index in [0.29, 0.717) is 19.7 Å². The van der Waals surface area contributed by atoms with Crippen LogP contribution in [0.4, 0.5) is 10.5 Å². The van der Waals surface area contributed by atoms with E-state index < -0.39 is 5.60 Å². The van der Waals surface area contributed by atoms with E-state index in [1.54, 1.807) is 11.3 Å². The number of rotatable bonds is 9. The minimum Gasteiger partial charge on any atom is -0.444 e. The summed E-state index contributed by atoms with van der Waals surface area (Å²) in [6.45, 7) is 24.7. The number of thiophene rings is 1. The third kappa shape index (κ3) is 14.6. The minimum atomic E-state index is -0.463. The van der Waals surface area contributed by atoms with Crippen LogP contribution in [-0.2, 0) is 27.2 Å². The Bertz CT molecular complexity index is 1810. The number of hydrogen-bond donors (Lipinski definition) is 3. The molecule has 4 aromatic rings. The molecule has 0 saturated heterocycles. The van der Waals surface area contributed by atoms with Gasteiger partial charge in [-0.1, -0.05) is 49.7 Å². The molecule has 2 aromatic carbocycles. The summed E-state index contributed by atoms with van der Waals surface area (Å²) in [5.74, 6) is 1.72. The van der Waals surface area contributed by atoms with Gasteiger partial charge in [-0.2, -0.15) is 0 Å². The molecule has 2 aromatic heterocycles. The summed E-state index contributed by atoms with van der Waals surface area (Å²) < 4.78 is 12.6. The molecular weight excluding hydrogens is 724 g/mol. The lowest BCUT2D eigenvalue weighted by Gasteiger charge is -2.22. The first-order chi connectivity index (χ1) is 25.4. The number of aromatic nitrogens is 3. The van der Waals surface area contributed by atoms with Crippen molar-refractivity contribution in [1.29, 1.82) is 0 Å². The Balaban J connectivity index is 0.000000294. The number of aliphatic hydroxyl groups is 1. The highest BCUT2D eigenvalue weighted by Crippen LogP contribution is 2.36. The van der Waals surface area contributed by atoms with Crippen molar-refractivity contribution < 1.29 is 24.2 Å². The molecule has 5 rings (SSSR count). The van der Waals surface area contributed by atoms with Crippen molar-refractivity contribution in [3.63, 3.8) is 0 Å². The SMILES string of the molecule is CC.CC(=O)Nc1ccc(CCCOC(C)(C)CO)cc1.CCNC(=O)OC(C)(C)C.Cc1sc2c(c1C)C(c1ccc(Cl)cc1)=NCc1nnc(C)n1-2. The second-order valence-electron chi connectivity index (χ2n) is 13.9. The van der Waals surface area contributed by atoms with E-state index in [2.05, 4.69) is 39.2 Å². The Morgan fingerprint density at radius 3 is 2.17 bits per heavy atom. The number of amides is 2. The molecule has 11 nitrogen and oxygen atoms in total. The van der Waals surface area contributed by atoms with Crippen LogP contribution in [0.25, 0.3) is 5.00 Å². The fourth-order valence-electron chi connectivity index (χ4n) is 4.98. The molecule has 0 aliphatic carbocycles. The van der Waals surface area contributed by atoms with Gasteiger partial charge < -0.3 is 25.2 Å². The topological polar surface area (TPSA) is 140 Å². The third-order valence-corrected chi connectivity index (χ3v) is 9.12. The second kappa shape index (κ2) is 21.7. The number of carbonyl (C=O) groups excluding carboxylic acids is 2. The molecule has 13 heteroatoms. The van der Waals surface area contributed by atoms with Gasteiger partial charge in [-0.25, -0.2) is 4.79 Å². The number of aliphatic imine (C=N–C) groups is 1. The minimum absolute atomic E-state index is 0.0262. The predicted octanol–water partition coefficient (Wildman–Crippen LogP) is 9.18. The first-order valence-corrected chi connectivity index (χ1v) is 19.5. The van der Waals surface area contributed by atoms with Crippen LogP contribution in [0.5, 0.6) is 0 Å². The van der Waals surface area contributed by atoms with E-state index >= 15 is 0 Å². The molecule has 296 valence electrons. The maximum absolute atomic E-state index is 10.9. The number of nitrogens with one attached hydrogen (secondary N) is 2. The summed E-state index contributed by atoms with van der Waals surface area (Å²) in [7, 11) is 0. The van der Waals surface area contributed by atoms with Crippen LogP contribution in [0.2, 0.25) is 5.02 Å². The number of hydrogen-bond acceptors (Lipinski definition) is 9. The summed E-state index contributed by atoms with van der Waals surface area (Å²) >= 11 is 7.80. The number of alkyl carbamates (subject to hydrolysis) is 1. The van der Waals surface area contributed by atoms with Gasteiger partial charge in [0.1, 0.15) is 23.0 Å². The van der Waals surface area contributed by atoms with E-state index in [1.807, 2.05) is 111 Å². The van der Waals surface area contributed by atoms with E-state index in [0.717, 1.165) is 51.5 Å². The lowest BCUT2D eigenvalue weighted by molar-refractivity contribution is -0.114. The molecule has 0 bridgehead atoms. The first kappa shape index (κ1) is 46.1. The van der Waals surface area contributed by atoms with Gasteiger partial charge in [0.05, 0.1) is 17.9 Å². The van der Waals surface area contributed by atoms with Crippen LogP contribution >= 0.6 is 22.9 Å². The average molecular weight is 783 g/mol. The van der Waals surface area contributed by atoms with Crippen LogP contribution in [0, 0.1) is 20.8 Å². The maximum atomic E-state index is 10.9. The molecule has 1 aliphatic heterocycles. The fourth-order valence-corrected chi connectivity index (χ4v) is 6.33. The predicted molar refractivity (Wildman–Crippen MR) is 222 cm³/mol. The zero-order valence-electron chi connectivity index (χ0n) is 34.0. The molecule has 2 amide bonds. The zero-order valence-corrected chi connectivity index (χ0v) is 35.6. The Morgan fingerprint density at radius 2 is 1.61 bits per heavy atom. The van der Waals surface area contributed by atoms with Crippen LogP contribution in [0.3, 0.4) is 0 Å². The third-order valence-electron chi connectivity index (χ3n) is 7.67. The van der Waals surface area contributed by atoms with Crippen molar-refractivity contribution in [2.45, 2.75) is 114 Å². The summed E-state index contributed by atoms with van der Waals surface area (Å²) in [6.07, 6.45) is 1.47. The maximum Gasteiger partial charge on any atom is 0.407 e. The van der Waals surface area contributed by atoms with Crippen molar-refractivity contribution >= 4 is 46.3 Å². The van der Waals surface area contributed by atoms with Gasteiger partial charge in [0, 0.05) is 46.8 Å². The average Bonchev–Trinajstić information content (AvgIpc) is 3.56. The standard InChI is InChI=1S/C17H15ClN4S.C15H23NO3.C7H15NO2.C2H6/c1-9-10(2)23-17-15(9)16(12-4-6-13(18)7-5-12)19-8-14-21-20-11(3)22(14)17;1-12(18)16-14-8-6-13(7-9-14)5-4-10-19-15(2,3)11-17;1-5-8-6(9)10-7(2,3)4;1-2/h4-7H,8H2,1-3H3;6-9,17H,4-5,10-11H2,1-3H3,(H,16,18);5H2,1-4H3,(H,8,9);1-2H3. The molecule has 0 spiro atoms. The van der Waals surface area contributed by atoms with Gasteiger partial charge in [0.25, 0.3) is 0 Å². The normalized spacial score (nSPS) is 11.8. The van der Waals surface area contributed by atoms with E-state index in [1.165, 1.54) is 28.5 Å². The molecule has 1 aliphatic rings. The fraction of sp³-hybridized carbons (Fsp3) is 0.488. The highest BCUT2D eigenvalue weighted by Gasteiger charge is 2.26. The molecule has 3 heterocycles. The van der Waals surface area contributed by atoms with Crippen molar-refractivity contribution in [1.82, 2.24) is 20.1 Å². The van der Waals surface area contributed by atoms with Crippen LogP contribution in [0.15, 0.2) is 53.5 Å². The van der Waals surface area contributed by atoms with Crippen molar-refractivity contribution in [3.8, 4) is 5.00 Å². The Kier molecular flexibility index (Phi) is 18.5. The van der Waals surface area contributed by atoms with Gasteiger partial charge in [-0.3, -0.25) is 14.4 Å². The Hall–Kier alpha value is -4.10. The van der Waals surface area contributed by atoms with Crippen LogP contribution in [0.1, 0.15) is 108 Å².